The van der Waals surface area contributed by atoms with E-state index in [4.69, 9.17) is 10.5 Å². The van der Waals surface area contributed by atoms with Crippen LogP contribution in [-0.2, 0) is 22.7 Å². The van der Waals surface area contributed by atoms with Gasteiger partial charge in [0.1, 0.15) is 5.82 Å². The van der Waals surface area contributed by atoms with Crippen molar-refractivity contribution in [2.45, 2.75) is 33.0 Å². The Hall–Kier alpha value is -1.46. The first-order valence-electron chi connectivity index (χ1n) is 6.25. The summed E-state index contributed by atoms with van der Waals surface area (Å²) in [6.07, 6.45) is 0. The summed E-state index contributed by atoms with van der Waals surface area (Å²) in [5.74, 6) is -0.660. The molecule has 0 aliphatic heterocycles. The van der Waals surface area contributed by atoms with Crippen molar-refractivity contribution in [3.63, 3.8) is 0 Å². The van der Waals surface area contributed by atoms with Gasteiger partial charge >= 0.3 is 0 Å². The minimum Gasteiger partial charge on any atom is -0.380 e. The van der Waals surface area contributed by atoms with E-state index in [-0.39, 0.29) is 30.3 Å². The van der Waals surface area contributed by atoms with Crippen LogP contribution in [0.4, 0.5) is 4.39 Å². The molecule has 1 amide bonds. The molecule has 3 N–H and O–H groups in total. The van der Waals surface area contributed by atoms with Gasteiger partial charge in [0, 0.05) is 31.2 Å². The minimum atomic E-state index is -0.305. The predicted octanol–water partition coefficient (Wildman–Crippen LogP) is 1.57. The van der Waals surface area contributed by atoms with Gasteiger partial charge in [-0.15, -0.1) is 0 Å². The molecule has 0 spiro atoms. The Morgan fingerprint density at radius 3 is 2.74 bits per heavy atom. The molecule has 1 rings (SSSR count). The Bertz CT molecular complexity index is 435. The average molecular weight is 268 g/mol. The highest BCUT2D eigenvalue weighted by Crippen LogP contribution is 2.12. The smallest absolute Gasteiger partial charge is 0.224 e. The monoisotopic (exact) mass is 268 g/mol. The third kappa shape index (κ3) is 4.61. The van der Waals surface area contributed by atoms with Crippen LogP contribution in [0.1, 0.15) is 25.0 Å². The molecule has 106 valence electrons. The average Bonchev–Trinajstić information content (AvgIpc) is 2.38. The van der Waals surface area contributed by atoms with E-state index in [1.165, 1.54) is 13.2 Å². The molecule has 0 fully saturated rings. The molecule has 2 unspecified atom stereocenters. The lowest BCUT2D eigenvalue weighted by atomic mass is 10.0. The van der Waals surface area contributed by atoms with Gasteiger partial charge in [-0.25, -0.2) is 4.39 Å². The number of halogens is 1. The summed E-state index contributed by atoms with van der Waals surface area (Å²) in [5, 5.41) is 2.79. The first-order chi connectivity index (χ1) is 8.95. The lowest BCUT2D eigenvalue weighted by Crippen LogP contribution is -2.38. The number of carbonyl (C=O) groups excluding carboxylic acids is 1. The highest BCUT2D eigenvalue weighted by atomic mass is 19.1. The zero-order chi connectivity index (χ0) is 14.4. The Balaban J connectivity index is 2.63. The molecule has 0 saturated heterocycles. The number of ether oxygens (including phenoxy) is 1. The number of rotatable bonds is 6. The number of nitrogens with two attached hydrogens (primary N) is 1. The number of hydrogen-bond donors (Lipinski definition) is 2. The maximum atomic E-state index is 13.4. The number of benzene rings is 1. The first kappa shape index (κ1) is 15.6. The summed E-state index contributed by atoms with van der Waals surface area (Å²) in [4.78, 5) is 11.7. The molecule has 19 heavy (non-hydrogen) atoms. The Morgan fingerprint density at radius 1 is 1.47 bits per heavy atom. The van der Waals surface area contributed by atoms with E-state index < -0.39 is 0 Å². The standard InChI is InChI=1S/C14H21FN2O2/c1-9(10(2)16)14(18)17-7-11-4-5-13(15)12(6-11)8-19-3/h4-6,9-10H,7-8,16H2,1-3H3,(H,17,18). The van der Waals surface area contributed by atoms with E-state index in [0.717, 1.165) is 5.56 Å². The van der Waals surface area contributed by atoms with E-state index in [0.29, 0.717) is 12.1 Å². The summed E-state index contributed by atoms with van der Waals surface area (Å²) < 4.78 is 18.3. The second kappa shape index (κ2) is 7.21. The number of methoxy groups -OCH3 is 1. The molecule has 5 heteroatoms. The maximum Gasteiger partial charge on any atom is 0.224 e. The van der Waals surface area contributed by atoms with Crippen molar-refractivity contribution in [3.8, 4) is 0 Å². The van der Waals surface area contributed by atoms with Crippen LogP contribution in [0, 0.1) is 11.7 Å². The molecular formula is C14H21FN2O2. The van der Waals surface area contributed by atoms with Crippen LogP contribution in [0.5, 0.6) is 0 Å². The molecule has 0 heterocycles. The second-order valence-corrected chi connectivity index (χ2v) is 4.72. The fraction of sp³-hybridized carbons (Fsp3) is 0.500. The summed E-state index contributed by atoms with van der Waals surface area (Å²) in [6.45, 7) is 4.14. The SMILES string of the molecule is COCc1cc(CNC(=O)C(C)C(C)N)ccc1F. The normalized spacial score (nSPS) is 13.9. The van der Waals surface area contributed by atoms with Crippen LogP contribution in [0.3, 0.4) is 0 Å². The van der Waals surface area contributed by atoms with Gasteiger partial charge in [-0.2, -0.15) is 0 Å². The van der Waals surface area contributed by atoms with Crippen LogP contribution < -0.4 is 11.1 Å². The van der Waals surface area contributed by atoms with E-state index >= 15 is 0 Å². The molecule has 0 radical (unpaired) electrons. The third-order valence-corrected chi connectivity index (χ3v) is 3.08. The number of hydrogen-bond acceptors (Lipinski definition) is 3. The zero-order valence-electron chi connectivity index (χ0n) is 11.6. The van der Waals surface area contributed by atoms with Gasteiger partial charge in [-0.05, 0) is 24.6 Å². The maximum absolute atomic E-state index is 13.4. The van der Waals surface area contributed by atoms with Gasteiger partial charge < -0.3 is 15.8 Å². The molecule has 1 aromatic carbocycles. The molecule has 0 saturated carbocycles. The number of carbonyl (C=O) groups is 1. The molecule has 0 aromatic heterocycles. The van der Waals surface area contributed by atoms with Crippen molar-refractivity contribution in [2.75, 3.05) is 7.11 Å². The van der Waals surface area contributed by atoms with E-state index in [9.17, 15) is 9.18 Å². The quantitative estimate of drug-likeness (QED) is 0.823. The van der Waals surface area contributed by atoms with Crippen molar-refractivity contribution in [1.82, 2.24) is 5.32 Å². The van der Waals surface area contributed by atoms with Crippen LogP contribution in [-0.4, -0.2) is 19.1 Å². The van der Waals surface area contributed by atoms with E-state index in [1.807, 2.05) is 0 Å². The van der Waals surface area contributed by atoms with Crippen molar-refractivity contribution < 1.29 is 13.9 Å². The molecule has 0 aliphatic rings. The Morgan fingerprint density at radius 2 is 2.16 bits per heavy atom. The second-order valence-electron chi connectivity index (χ2n) is 4.72. The highest BCUT2D eigenvalue weighted by molar-refractivity contribution is 5.78. The third-order valence-electron chi connectivity index (χ3n) is 3.08. The molecule has 1 aromatic rings. The number of amides is 1. The number of nitrogens with one attached hydrogen (secondary N) is 1. The predicted molar refractivity (Wildman–Crippen MR) is 71.8 cm³/mol. The van der Waals surface area contributed by atoms with E-state index in [1.54, 1.807) is 26.0 Å². The van der Waals surface area contributed by atoms with Crippen molar-refractivity contribution in [1.29, 1.82) is 0 Å². The summed E-state index contributed by atoms with van der Waals surface area (Å²) in [6, 6.07) is 4.52. The fourth-order valence-electron chi connectivity index (χ4n) is 1.59. The van der Waals surface area contributed by atoms with Gasteiger partial charge in [-0.3, -0.25) is 4.79 Å². The molecule has 0 bridgehead atoms. The van der Waals surface area contributed by atoms with E-state index in [2.05, 4.69) is 5.32 Å². The zero-order valence-corrected chi connectivity index (χ0v) is 11.6. The lowest BCUT2D eigenvalue weighted by Gasteiger charge is -2.15. The van der Waals surface area contributed by atoms with Gasteiger partial charge in [0.05, 0.1) is 6.61 Å². The van der Waals surface area contributed by atoms with Crippen LogP contribution in [0.2, 0.25) is 0 Å². The van der Waals surface area contributed by atoms with Gasteiger partial charge in [0.15, 0.2) is 0 Å². The summed E-state index contributed by atoms with van der Waals surface area (Å²) in [7, 11) is 1.51. The minimum absolute atomic E-state index is 0.104. The van der Waals surface area contributed by atoms with Gasteiger partial charge in [0.2, 0.25) is 5.91 Å². The largest absolute Gasteiger partial charge is 0.380 e. The molecular weight excluding hydrogens is 247 g/mol. The van der Waals surface area contributed by atoms with Crippen LogP contribution in [0.25, 0.3) is 0 Å². The molecule has 0 aliphatic carbocycles. The fourth-order valence-corrected chi connectivity index (χ4v) is 1.59. The van der Waals surface area contributed by atoms with Crippen molar-refractivity contribution >= 4 is 5.91 Å². The first-order valence-corrected chi connectivity index (χ1v) is 6.25. The summed E-state index contributed by atoms with van der Waals surface area (Å²) in [5.41, 5.74) is 6.98. The van der Waals surface area contributed by atoms with Gasteiger partial charge in [0.25, 0.3) is 0 Å². The lowest BCUT2D eigenvalue weighted by molar-refractivity contribution is -0.125. The van der Waals surface area contributed by atoms with Crippen LogP contribution in [0.15, 0.2) is 18.2 Å². The Labute approximate surface area is 113 Å². The Kier molecular flexibility index (Phi) is 5.92. The molecule has 2 atom stereocenters. The van der Waals surface area contributed by atoms with Crippen molar-refractivity contribution in [3.05, 3.63) is 35.1 Å². The summed E-state index contributed by atoms with van der Waals surface area (Å²) >= 11 is 0. The van der Waals surface area contributed by atoms with Crippen molar-refractivity contribution in [2.24, 2.45) is 11.7 Å². The highest BCUT2D eigenvalue weighted by Gasteiger charge is 2.16. The molecule has 4 nitrogen and oxygen atoms in total. The van der Waals surface area contributed by atoms with Gasteiger partial charge in [-0.1, -0.05) is 13.0 Å². The topological polar surface area (TPSA) is 64.3 Å². The van der Waals surface area contributed by atoms with Crippen LogP contribution >= 0.6 is 0 Å².